The average Bonchev–Trinajstić information content (AvgIpc) is 3.53. The van der Waals surface area contributed by atoms with Gasteiger partial charge in [-0.05, 0) is 42.8 Å². The topological polar surface area (TPSA) is 43.5 Å². The SMILES string of the molecule is CC(OCC1CO1)Sc1ccc2c(SC(C)OCC3CO3)cccc2c1. The fourth-order valence-corrected chi connectivity index (χ4v) is 4.51. The Kier molecular flexibility index (Phi) is 6.08. The second-order valence-corrected chi connectivity index (χ2v) is 9.30. The number of fused-ring (bicyclic) bond motifs is 1. The van der Waals surface area contributed by atoms with Crippen molar-refractivity contribution in [2.24, 2.45) is 0 Å². The molecule has 2 fully saturated rings. The summed E-state index contributed by atoms with van der Waals surface area (Å²) in [5, 5.41) is 2.51. The van der Waals surface area contributed by atoms with E-state index in [0.29, 0.717) is 25.4 Å². The number of benzene rings is 2. The van der Waals surface area contributed by atoms with Crippen molar-refractivity contribution in [3.63, 3.8) is 0 Å². The molecular weight excluding hydrogens is 368 g/mol. The second-order valence-electron chi connectivity index (χ2n) is 6.59. The Balaban J connectivity index is 1.39. The van der Waals surface area contributed by atoms with Crippen molar-refractivity contribution in [3.8, 4) is 0 Å². The van der Waals surface area contributed by atoms with E-state index in [1.54, 1.807) is 23.5 Å². The van der Waals surface area contributed by atoms with Gasteiger partial charge in [-0.15, -0.1) is 0 Å². The molecule has 26 heavy (non-hydrogen) atoms. The Hall–Kier alpha value is -0.760. The van der Waals surface area contributed by atoms with Crippen molar-refractivity contribution in [1.29, 1.82) is 0 Å². The standard InChI is InChI=1S/C20H24O4S2/c1-13(21-9-16-11-23-16)25-18-6-7-19-15(8-18)4-3-5-20(19)26-14(2)22-10-17-12-24-17/h3-8,13-14,16-17H,9-12H2,1-2H3. The molecule has 0 N–H and O–H groups in total. The van der Waals surface area contributed by atoms with Crippen molar-refractivity contribution in [1.82, 2.24) is 0 Å². The van der Waals surface area contributed by atoms with Gasteiger partial charge in [0.2, 0.25) is 0 Å². The summed E-state index contributed by atoms with van der Waals surface area (Å²) < 4.78 is 22.1. The summed E-state index contributed by atoms with van der Waals surface area (Å²) in [5.74, 6) is 0. The molecular formula is C20H24O4S2. The first-order chi connectivity index (χ1) is 12.7. The van der Waals surface area contributed by atoms with E-state index in [0.717, 1.165) is 13.2 Å². The summed E-state index contributed by atoms with van der Waals surface area (Å²) in [5.41, 5.74) is 0.226. The van der Waals surface area contributed by atoms with E-state index >= 15 is 0 Å². The van der Waals surface area contributed by atoms with Gasteiger partial charge in [0.1, 0.15) is 23.1 Å². The predicted molar refractivity (Wildman–Crippen MR) is 106 cm³/mol. The number of hydrogen-bond donors (Lipinski definition) is 0. The molecule has 4 unspecified atom stereocenters. The zero-order valence-corrected chi connectivity index (χ0v) is 16.7. The van der Waals surface area contributed by atoms with Gasteiger partial charge in [0.15, 0.2) is 0 Å². The third-order valence-corrected chi connectivity index (χ3v) is 6.32. The molecule has 2 aliphatic heterocycles. The van der Waals surface area contributed by atoms with Crippen LogP contribution in [-0.4, -0.2) is 49.5 Å². The molecule has 140 valence electrons. The minimum atomic E-state index is 0.108. The summed E-state index contributed by atoms with van der Waals surface area (Å²) in [6.07, 6.45) is 0.616. The molecule has 0 radical (unpaired) electrons. The molecule has 2 saturated heterocycles. The lowest BCUT2D eigenvalue weighted by atomic mass is 10.1. The normalized spacial score (nSPS) is 23.8. The highest BCUT2D eigenvalue weighted by Crippen LogP contribution is 2.34. The lowest BCUT2D eigenvalue weighted by molar-refractivity contribution is 0.107. The Bertz CT molecular complexity index is 746. The van der Waals surface area contributed by atoms with E-state index in [1.165, 1.54) is 20.6 Å². The maximum Gasteiger partial charge on any atom is 0.105 e. The van der Waals surface area contributed by atoms with Gasteiger partial charge < -0.3 is 18.9 Å². The van der Waals surface area contributed by atoms with E-state index in [4.69, 9.17) is 18.9 Å². The van der Waals surface area contributed by atoms with E-state index in [9.17, 15) is 0 Å². The van der Waals surface area contributed by atoms with Gasteiger partial charge in [0.25, 0.3) is 0 Å². The average molecular weight is 393 g/mol. The minimum Gasteiger partial charge on any atom is -0.371 e. The van der Waals surface area contributed by atoms with Gasteiger partial charge in [0.05, 0.1) is 26.4 Å². The van der Waals surface area contributed by atoms with Crippen LogP contribution >= 0.6 is 23.5 Å². The Morgan fingerprint density at radius 1 is 0.962 bits per heavy atom. The highest BCUT2D eigenvalue weighted by molar-refractivity contribution is 8.00. The fourth-order valence-electron chi connectivity index (χ4n) is 2.66. The van der Waals surface area contributed by atoms with Crippen LogP contribution in [0.3, 0.4) is 0 Å². The van der Waals surface area contributed by atoms with E-state index in [1.807, 2.05) is 0 Å². The number of ether oxygens (including phenoxy) is 4. The van der Waals surface area contributed by atoms with Gasteiger partial charge in [-0.2, -0.15) is 0 Å². The largest absolute Gasteiger partial charge is 0.371 e. The van der Waals surface area contributed by atoms with Crippen LogP contribution < -0.4 is 0 Å². The van der Waals surface area contributed by atoms with Crippen molar-refractivity contribution in [2.45, 2.75) is 46.7 Å². The molecule has 2 aromatic rings. The van der Waals surface area contributed by atoms with Gasteiger partial charge in [-0.3, -0.25) is 0 Å². The third-order valence-electron chi connectivity index (χ3n) is 4.25. The molecule has 0 spiro atoms. The molecule has 2 heterocycles. The lowest BCUT2D eigenvalue weighted by Crippen LogP contribution is -2.09. The summed E-state index contributed by atoms with van der Waals surface area (Å²) in [6, 6.07) is 13.0. The molecule has 6 heteroatoms. The summed E-state index contributed by atoms with van der Waals surface area (Å²) in [7, 11) is 0. The first-order valence-corrected chi connectivity index (χ1v) is 10.8. The Morgan fingerprint density at radius 2 is 1.62 bits per heavy atom. The number of thioether (sulfide) groups is 2. The van der Waals surface area contributed by atoms with Crippen LogP contribution in [0, 0.1) is 0 Å². The van der Waals surface area contributed by atoms with Crippen LogP contribution in [0.2, 0.25) is 0 Å². The smallest absolute Gasteiger partial charge is 0.105 e. The van der Waals surface area contributed by atoms with Crippen molar-refractivity contribution < 1.29 is 18.9 Å². The molecule has 0 aliphatic carbocycles. The van der Waals surface area contributed by atoms with Gasteiger partial charge >= 0.3 is 0 Å². The van der Waals surface area contributed by atoms with Gasteiger partial charge in [0, 0.05) is 9.79 Å². The summed E-state index contributed by atoms with van der Waals surface area (Å²) in [4.78, 5) is 2.47. The molecule has 0 bridgehead atoms. The minimum absolute atomic E-state index is 0.108. The van der Waals surface area contributed by atoms with Crippen molar-refractivity contribution in [3.05, 3.63) is 36.4 Å². The maximum atomic E-state index is 5.85. The maximum absolute atomic E-state index is 5.85. The van der Waals surface area contributed by atoms with Crippen LogP contribution in [0.4, 0.5) is 0 Å². The first kappa shape index (κ1) is 18.6. The van der Waals surface area contributed by atoms with Crippen molar-refractivity contribution in [2.75, 3.05) is 26.4 Å². The summed E-state index contributed by atoms with van der Waals surface area (Å²) in [6.45, 7) is 7.23. The molecule has 0 saturated carbocycles. The third kappa shape index (κ3) is 5.38. The first-order valence-electron chi connectivity index (χ1n) is 9.00. The van der Waals surface area contributed by atoms with E-state index < -0.39 is 0 Å². The Labute approximate surface area is 162 Å². The van der Waals surface area contributed by atoms with E-state index in [-0.39, 0.29) is 10.9 Å². The fraction of sp³-hybridized carbons (Fsp3) is 0.500. The van der Waals surface area contributed by atoms with Crippen molar-refractivity contribution >= 4 is 34.3 Å². The summed E-state index contributed by atoms with van der Waals surface area (Å²) >= 11 is 3.50. The molecule has 4 nitrogen and oxygen atoms in total. The zero-order chi connectivity index (χ0) is 17.9. The van der Waals surface area contributed by atoms with Crippen LogP contribution in [0.15, 0.2) is 46.2 Å². The quantitative estimate of drug-likeness (QED) is 0.336. The highest BCUT2D eigenvalue weighted by atomic mass is 32.2. The lowest BCUT2D eigenvalue weighted by Gasteiger charge is -2.15. The molecule has 0 amide bonds. The van der Waals surface area contributed by atoms with Crippen LogP contribution in [0.1, 0.15) is 13.8 Å². The monoisotopic (exact) mass is 392 g/mol. The molecule has 2 aromatic carbocycles. The number of hydrogen-bond acceptors (Lipinski definition) is 6. The highest BCUT2D eigenvalue weighted by Gasteiger charge is 2.24. The van der Waals surface area contributed by atoms with Crippen LogP contribution in [0.5, 0.6) is 0 Å². The predicted octanol–water partition coefficient (Wildman–Crippen LogP) is 4.55. The van der Waals surface area contributed by atoms with Gasteiger partial charge in [-0.25, -0.2) is 0 Å². The number of rotatable bonds is 10. The number of epoxide rings is 2. The van der Waals surface area contributed by atoms with Gasteiger partial charge in [-0.1, -0.05) is 41.7 Å². The van der Waals surface area contributed by atoms with E-state index in [2.05, 4.69) is 50.2 Å². The molecule has 2 aliphatic rings. The molecule has 0 aromatic heterocycles. The van der Waals surface area contributed by atoms with Crippen LogP contribution in [0.25, 0.3) is 10.8 Å². The molecule has 4 rings (SSSR count). The zero-order valence-electron chi connectivity index (χ0n) is 15.1. The molecule has 4 atom stereocenters. The second kappa shape index (κ2) is 8.50. The Morgan fingerprint density at radius 3 is 2.27 bits per heavy atom. The van der Waals surface area contributed by atoms with Crippen LogP contribution in [-0.2, 0) is 18.9 Å².